The Kier molecular flexibility index (Phi) is 5.24. The first kappa shape index (κ1) is 20.4. The van der Waals surface area contributed by atoms with Gasteiger partial charge in [0.05, 0.1) is 11.1 Å². The van der Waals surface area contributed by atoms with Crippen LogP contribution in [0.4, 0.5) is 24.8 Å². The number of pyridine rings is 2. The van der Waals surface area contributed by atoms with Gasteiger partial charge in [-0.05, 0) is 30.3 Å². The van der Waals surface area contributed by atoms with Gasteiger partial charge in [-0.15, -0.1) is 0 Å². The van der Waals surface area contributed by atoms with Crippen LogP contribution >= 0.6 is 0 Å². The van der Waals surface area contributed by atoms with Crippen molar-refractivity contribution in [3.63, 3.8) is 0 Å². The Labute approximate surface area is 171 Å². The molecular weight excluding hydrogens is 419 g/mol. The molecule has 0 radical (unpaired) electrons. The molecule has 30 heavy (non-hydrogen) atoms. The van der Waals surface area contributed by atoms with Gasteiger partial charge in [-0.1, -0.05) is 18.2 Å². The summed E-state index contributed by atoms with van der Waals surface area (Å²) in [5.74, 6) is -0.00795. The first-order valence-corrected chi connectivity index (χ1v) is 10.6. The van der Waals surface area contributed by atoms with Crippen molar-refractivity contribution in [2.24, 2.45) is 0 Å². The van der Waals surface area contributed by atoms with Crippen molar-refractivity contribution in [1.29, 1.82) is 0 Å². The highest BCUT2D eigenvalue weighted by atomic mass is 32.2. The number of fused-ring (bicyclic) bond motifs is 1. The van der Waals surface area contributed by atoms with Crippen LogP contribution in [0, 0.1) is 0 Å². The van der Waals surface area contributed by atoms with E-state index < -0.39 is 21.9 Å². The Hall–Kier alpha value is -2.92. The summed E-state index contributed by atoms with van der Waals surface area (Å²) < 4.78 is 68.8. The number of nitrogens with one attached hydrogen (secondary N) is 1. The maximum Gasteiger partial charge on any atom is 0.419 e. The number of hydrogen-bond acceptors (Lipinski definition) is 5. The smallest absolute Gasteiger partial charge is 0.353 e. The zero-order valence-electron chi connectivity index (χ0n) is 15.7. The number of nitrogens with zero attached hydrogens (tertiary/aromatic N) is 4. The molecule has 0 atom stereocenters. The van der Waals surface area contributed by atoms with Gasteiger partial charge in [-0.2, -0.15) is 25.9 Å². The lowest BCUT2D eigenvalue weighted by atomic mass is 10.2. The predicted molar refractivity (Wildman–Crippen MR) is 107 cm³/mol. The molecule has 3 heterocycles. The van der Waals surface area contributed by atoms with Crippen LogP contribution in [-0.4, -0.2) is 48.9 Å². The van der Waals surface area contributed by atoms with Gasteiger partial charge in [0, 0.05) is 37.8 Å². The van der Waals surface area contributed by atoms with Crippen molar-refractivity contribution in [2.75, 3.05) is 35.8 Å². The van der Waals surface area contributed by atoms with Gasteiger partial charge < -0.3 is 4.90 Å². The molecule has 1 N–H and O–H groups in total. The van der Waals surface area contributed by atoms with Crippen LogP contribution in [0.2, 0.25) is 0 Å². The van der Waals surface area contributed by atoms with E-state index in [1.165, 1.54) is 21.5 Å². The number of anilines is 2. The fourth-order valence-corrected chi connectivity index (χ4v) is 4.48. The van der Waals surface area contributed by atoms with Crippen LogP contribution in [0.25, 0.3) is 10.9 Å². The van der Waals surface area contributed by atoms with Gasteiger partial charge in [0.25, 0.3) is 0 Å². The Morgan fingerprint density at radius 2 is 1.67 bits per heavy atom. The van der Waals surface area contributed by atoms with Crippen LogP contribution in [0.1, 0.15) is 5.56 Å². The number of hydrogen-bond donors (Lipinski definition) is 1. The summed E-state index contributed by atoms with van der Waals surface area (Å²) in [4.78, 5) is 9.61. The highest BCUT2D eigenvalue weighted by Crippen LogP contribution is 2.35. The standard InChI is InChI=1S/C19H18F3N5O2S/c20-19(21,22)15-5-3-9-23-18(15)26-10-12-27(13-11-26)30(28,29)25-17-8-7-14-4-1-2-6-16(14)24-17/h1-9H,10-13H2,(H,24,25). The Morgan fingerprint density at radius 1 is 0.933 bits per heavy atom. The number of para-hydroxylation sites is 1. The van der Waals surface area contributed by atoms with Gasteiger partial charge in [0.1, 0.15) is 11.6 Å². The van der Waals surface area contributed by atoms with Crippen molar-refractivity contribution in [1.82, 2.24) is 14.3 Å². The normalized spacial score (nSPS) is 16.0. The maximum absolute atomic E-state index is 13.2. The fraction of sp³-hybridized carbons (Fsp3) is 0.263. The molecule has 0 bridgehead atoms. The Morgan fingerprint density at radius 3 is 2.40 bits per heavy atom. The van der Waals surface area contributed by atoms with Crippen LogP contribution < -0.4 is 9.62 Å². The van der Waals surface area contributed by atoms with Gasteiger partial charge in [0.15, 0.2) is 0 Å². The molecule has 0 spiro atoms. The van der Waals surface area contributed by atoms with Crippen LogP contribution in [0.3, 0.4) is 0 Å². The first-order valence-electron chi connectivity index (χ1n) is 9.15. The van der Waals surface area contributed by atoms with Crippen molar-refractivity contribution in [3.05, 3.63) is 60.3 Å². The molecule has 4 rings (SSSR count). The molecule has 1 aliphatic rings. The summed E-state index contributed by atoms with van der Waals surface area (Å²) in [6.07, 6.45) is -3.24. The van der Waals surface area contributed by atoms with E-state index in [4.69, 9.17) is 0 Å². The topological polar surface area (TPSA) is 78.4 Å². The third-order valence-electron chi connectivity index (χ3n) is 4.80. The SMILES string of the molecule is O=S(=O)(Nc1ccc2ccccc2n1)N1CCN(c2ncccc2C(F)(F)F)CC1. The highest BCUT2D eigenvalue weighted by molar-refractivity contribution is 7.90. The van der Waals surface area contributed by atoms with Crippen molar-refractivity contribution < 1.29 is 21.6 Å². The molecular formula is C19H18F3N5O2S. The summed E-state index contributed by atoms with van der Waals surface area (Å²) in [6, 6.07) is 12.8. The molecule has 1 saturated heterocycles. The summed E-state index contributed by atoms with van der Waals surface area (Å²) in [5, 5.41) is 0.880. The molecule has 7 nitrogen and oxygen atoms in total. The largest absolute Gasteiger partial charge is 0.419 e. The summed E-state index contributed by atoms with van der Waals surface area (Å²) in [7, 11) is -3.90. The van der Waals surface area contributed by atoms with Gasteiger partial charge in [-0.3, -0.25) is 4.72 Å². The van der Waals surface area contributed by atoms with Gasteiger partial charge in [-0.25, -0.2) is 9.97 Å². The van der Waals surface area contributed by atoms with Crippen LogP contribution in [0.15, 0.2) is 54.7 Å². The maximum atomic E-state index is 13.2. The minimum atomic E-state index is -4.53. The molecule has 0 unspecified atom stereocenters. The molecule has 1 aliphatic heterocycles. The minimum absolute atomic E-state index is 0.0246. The van der Waals surface area contributed by atoms with Crippen LogP contribution in [0.5, 0.6) is 0 Å². The highest BCUT2D eigenvalue weighted by Gasteiger charge is 2.37. The third-order valence-corrected chi connectivity index (χ3v) is 6.31. The molecule has 3 aromatic rings. The molecule has 0 amide bonds. The van der Waals surface area contributed by atoms with Gasteiger partial charge >= 0.3 is 16.4 Å². The van der Waals surface area contributed by atoms with E-state index in [1.807, 2.05) is 12.1 Å². The zero-order valence-corrected chi connectivity index (χ0v) is 16.5. The second-order valence-electron chi connectivity index (χ2n) is 6.75. The lowest BCUT2D eigenvalue weighted by Gasteiger charge is -2.35. The van der Waals surface area contributed by atoms with E-state index in [0.717, 1.165) is 11.5 Å². The van der Waals surface area contributed by atoms with Crippen molar-refractivity contribution in [3.8, 4) is 0 Å². The van der Waals surface area contributed by atoms with E-state index in [2.05, 4.69) is 14.7 Å². The molecule has 0 aliphatic carbocycles. The van der Waals surface area contributed by atoms with E-state index in [1.54, 1.807) is 24.3 Å². The number of halogens is 3. The number of rotatable bonds is 4. The monoisotopic (exact) mass is 437 g/mol. The molecule has 0 saturated carbocycles. The lowest BCUT2D eigenvalue weighted by Crippen LogP contribution is -2.50. The number of benzene rings is 1. The second kappa shape index (κ2) is 7.73. The summed E-state index contributed by atoms with van der Waals surface area (Å²) >= 11 is 0. The average Bonchev–Trinajstić information content (AvgIpc) is 2.73. The summed E-state index contributed by atoms with van der Waals surface area (Å²) in [6.45, 7) is 0.228. The van der Waals surface area contributed by atoms with E-state index in [-0.39, 0.29) is 37.8 Å². The number of aromatic nitrogens is 2. The quantitative estimate of drug-likeness (QED) is 0.679. The summed E-state index contributed by atoms with van der Waals surface area (Å²) in [5.41, 5.74) is -0.183. The zero-order chi connectivity index (χ0) is 21.4. The third kappa shape index (κ3) is 4.17. The van der Waals surface area contributed by atoms with E-state index >= 15 is 0 Å². The molecule has 11 heteroatoms. The Balaban J connectivity index is 1.47. The average molecular weight is 437 g/mol. The molecule has 1 aromatic carbocycles. The van der Waals surface area contributed by atoms with Gasteiger partial charge in [0.2, 0.25) is 0 Å². The van der Waals surface area contributed by atoms with Crippen LogP contribution in [-0.2, 0) is 16.4 Å². The minimum Gasteiger partial charge on any atom is -0.353 e. The molecule has 2 aromatic heterocycles. The number of piperazine rings is 1. The fourth-order valence-electron chi connectivity index (χ4n) is 3.33. The predicted octanol–water partition coefficient (Wildman–Crippen LogP) is 3.13. The number of alkyl halides is 3. The van der Waals surface area contributed by atoms with E-state index in [0.29, 0.717) is 5.52 Å². The molecule has 158 valence electrons. The van der Waals surface area contributed by atoms with Crippen molar-refractivity contribution >= 4 is 32.7 Å². The van der Waals surface area contributed by atoms with E-state index in [9.17, 15) is 21.6 Å². The lowest BCUT2D eigenvalue weighted by molar-refractivity contribution is -0.137. The Bertz CT molecular complexity index is 1160. The second-order valence-corrected chi connectivity index (χ2v) is 8.43. The first-order chi connectivity index (χ1) is 14.2. The molecule has 1 fully saturated rings. The van der Waals surface area contributed by atoms with Crippen molar-refractivity contribution in [2.45, 2.75) is 6.18 Å².